The van der Waals surface area contributed by atoms with Crippen molar-refractivity contribution in [3.8, 4) is 0 Å². The van der Waals surface area contributed by atoms with Crippen LogP contribution in [-0.4, -0.2) is 18.1 Å². The van der Waals surface area contributed by atoms with Crippen molar-refractivity contribution in [2.75, 3.05) is 18.4 Å². The van der Waals surface area contributed by atoms with Crippen molar-refractivity contribution >= 4 is 17.1 Å². The lowest BCUT2D eigenvalue weighted by atomic mass is 10.0. The molecule has 0 aliphatic carbocycles. The minimum Gasteiger partial charge on any atom is -0.424 e. The van der Waals surface area contributed by atoms with Crippen LogP contribution in [0.15, 0.2) is 22.6 Å². The topological polar surface area (TPSA) is 64.1 Å². The highest BCUT2D eigenvalue weighted by Gasteiger charge is 2.06. The van der Waals surface area contributed by atoms with Crippen LogP contribution in [0.1, 0.15) is 83.1 Å². The maximum atomic E-state index is 5.77. The number of benzene rings is 1. The molecule has 0 amide bonds. The summed E-state index contributed by atoms with van der Waals surface area (Å²) in [5, 5.41) is 3.27. The van der Waals surface area contributed by atoms with E-state index in [0.29, 0.717) is 6.01 Å². The molecule has 146 valence electrons. The summed E-state index contributed by atoms with van der Waals surface area (Å²) >= 11 is 0. The number of hydrogen-bond acceptors (Lipinski definition) is 4. The van der Waals surface area contributed by atoms with Gasteiger partial charge in [-0.2, -0.15) is 4.98 Å². The Hall–Kier alpha value is -1.55. The third kappa shape index (κ3) is 7.77. The number of nitrogens with zero attached hydrogens (tertiary/aromatic N) is 1. The van der Waals surface area contributed by atoms with Gasteiger partial charge in [-0.05, 0) is 49.9 Å². The maximum absolute atomic E-state index is 5.77. The van der Waals surface area contributed by atoms with Gasteiger partial charge in [-0.25, -0.2) is 0 Å². The Balaban J connectivity index is 1.67. The number of anilines is 1. The molecule has 4 nitrogen and oxygen atoms in total. The molecule has 0 saturated heterocycles. The van der Waals surface area contributed by atoms with E-state index >= 15 is 0 Å². The summed E-state index contributed by atoms with van der Waals surface area (Å²) in [6.45, 7) is 3.93. The first-order valence-electron chi connectivity index (χ1n) is 10.7. The number of fused-ring (bicyclic) bond motifs is 1. The molecule has 0 unspecified atom stereocenters. The lowest BCUT2D eigenvalue weighted by Crippen LogP contribution is -2.03. The molecule has 0 spiro atoms. The van der Waals surface area contributed by atoms with E-state index in [9.17, 15) is 0 Å². The van der Waals surface area contributed by atoms with E-state index < -0.39 is 0 Å². The van der Waals surface area contributed by atoms with Crippen LogP contribution in [-0.2, 0) is 6.42 Å². The minimum absolute atomic E-state index is 0.636. The van der Waals surface area contributed by atoms with Crippen LogP contribution >= 0.6 is 0 Å². The first-order valence-corrected chi connectivity index (χ1v) is 10.7. The number of aromatic nitrogens is 1. The minimum atomic E-state index is 0.636. The summed E-state index contributed by atoms with van der Waals surface area (Å²) in [6, 6.07) is 7.05. The Morgan fingerprint density at radius 1 is 0.923 bits per heavy atom. The summed E-state index contributed by atoms with van der Waals surface area (Å²) < 4.78 is 5.77. The fourth-order valence-electron chi connectivity index (χ4n) is 3.31. The van der Waals surface area contributed by atoms with Crippen molar-refractivity contribution in [3.05, 3.63) is 23.8 Å². The molecule has 1 aromatic carbocycles. The Kier molecular flexibility index (Phi) is 10.2. The van der Waals surface area contributed by atoms with E-state index in [1.807, 2.05) is 0 Å². The summed E-state index contributed by atoms with van der Waals surface area (Å²) in [6.07, 6.45) is 15.4. The average molecular weight is 360 g/mol. The zero-order valence-corrected chi connectivity index (χ0v) is 16.6. The first-order chi connectivity index (χ1) is 12.8. The number of nitrogens with one attached hydrogen (secondary N) is 1. The van der Waals surface area contributed by atoms with Gasteiger partial charge in [-0.3, -0.25) is 0 Å². The van der Waals surface area contributed by atoms with Crippen LogP contribution in [0.2, 0.25) is 0 Å². The molecule has 0 fully saturated rings. The van der Waals surface area contributed by atoms with Gasteiger partial charge >= 0.3 is 0 Å². The van der Waals surface area contributed by atoms with Crippen LogP contribution in [0.25, 0.3) is 11.1 Å². The third-order valence-electron chi connectivity index (χ3n) is 4.93. The summed E-state index contributed by atoms with van der Waals surface area (Å²) in [7, 11) is 0. The molecule has 0 bridgehead atoms. The van der Waals surface area contributed by atoms with Gasteiger partial charge in [-0.1, -0.05) is 64.4 Å². The Bertz CT molecular complexity index is 608. The number of hydrogen-bond donors (Lipinski definition) is 2. The highest BCUT2D eigenvalue weighted by Crippen LogP contribution is 2.21. The van der Waals surface area contributed by atoms with E-state index in [1.54, 1.807) is 0 Å². The SMILES string of the molecule is CCCCCCCCCCc1ccc2oc(NCCCCCN)nc2c1. The molecule has 3 N–H and O–H groups in total. The van der Waals surface area contributed by atoms with Gasteiger partial charge in [0.1, 0.15) is 5.52 Å². The molecular weight excluding hydrogens is 322 g/mol. The Labute approximate surface area is 158 Å². The second-order valence-electron chi connectivity index (χ2n) is 7.32. The zero-order valence-electron chi connectivity index (χ0n) is 16.6. The Morgan fingerprint density at radius 3 is 2.42 bits per heavy atom. The lowest BCUT2D eigenvalue weighted by molar-refractivity contribution is 0.575. The molecule has 0 aliphatic rings. The van der Waals surface area contributed by atoms with Gasteiger partial charge in [0.25, 0.3) is 6.01 Å². The van der Waals surface area contributed by atoms with Crippen molar-refractivity contribution < 1.29 is 4.42 Å². The zero-order chi connectivity index (χ0) is 18.5. The smallest absolute Gasteiger partial charge is 0.295 e. The molecule has 1 heterocycles. The van der Waals surface area contributed by atoms with E-state index in [2.05, 4.69) is 35.4 Å². The van der Waals surface area contributed by atoms with E-state index in [1.165, 1.54) is 56.9 Å². The van der Waals surface area contributed by atoms with Gasteiger partial charge in [-0.15, -0.1) is 0 Å². The van der Waals surface area contributed by atoms with Crippen LogP contribution in [0.4, 0.5) is 6.01 Å². The fraction of sp³-hybridized carbons (Fsp3) is 0.682. The molecular formula is C22H37N3O. The highest BCUT2D eigenvalue weighted by molar-refractivity contribution is 5.75. The third-order valence-corrected chi connectivity index (χ3v) is 4.93. The second-order valence-corrected chi connectivity index (χ2v) is 7.32. The monoisotopic (exact) mass is 359 g/mol. The normalized spacial score (nSPS) is 11.3. The average Bonchev–Trinajstić information content (AvgIpc) is 3.06. The maximum Gasteiger partial charge on any atom is 0.295 e. The number of oxazole rings is 1. The first kappa shape index (κ1) is 20.8. The van der Waals surface area contributed by atoms with Gasteiger partial charge < -0.3 is 15.5 Å². The molecule has 0 aliphatic heterocycles. The van der Waals surface area contributed by atoms with Crippen molar-refractivity contribution in [2.24, 2.45) is 5.73 Å². The van der Waals surface area contributed by atoms with Crippen molar-refractivity contribution in [3.63, 3.8) is 0 Å². The molecule has 0 saturated carbocycles. The van der Waals surface area contributed by atoms with Crippen molar-refractivity contribution in [1.82, 2.24) is 4.98 Å². The quantitative estimate of drug-likeness (QED) is 0.380. The molecule has 0 atom stereocenters. The molecule has 2 aromatic rings. The van der Waals surface area contributed by atoms with E-state index in [4.69, 9.17) is 10.2 Å². The van der Waals surface area contributed by atoms with Crippen LogP contribution < -0.4 is 11.1 Å². The summed E-state index contributed by atoms with van der Waals surface area (Å²) in [4.78, 5) is 4.57. The largest absolute Gasteiger partial charge is 0.424 e. The molecule has 2 rings (SSSR count). The van der Waals surface area contributed by atoms with Crippen molar-refractivity contribution in [2.45, 2.75) is 84.0 Å². The summed E-state index contributed by atoms with van der Waals surface area (Å²) in [5.74, 6) is 0. The molecule has 1 aromatic heterocycles. The number of rotatable bonds is 15. The van der Waals surface area contributed by atoms with Gasteiger partial charge in [0.15, 0.2) is 5.58 Å². The predicted molar refractivity (Wildman–Crippen MR) is 112 cm³/mol. The predicted octanol–water partition coefficient (Wildman–Crippen LogP) is 6.05. The molecule has 26 heavy (non-hydrogen) atoms. The number of unbranched alkanes of at least 4 members (excludes halogenated alkanes) is 9. The van der Waals surface area contributed by atoms with Crippen LogP contribution in [0, 0.1) is 0 Å². The van der Waals surface area contributed by atoms with Crippen LogP contribution in [0.3, 0.4) is 0 Å². The van der Waals surface area contributed by atoms with E-state index in [0.717, 1.165) is 49.9 Å². The number of nitrogens with two attached hydrogens (primary N) is 1. The van der Waals surface area contributed by atoms with Gasteiger partial charge in [0, 0.05) is 6.54 Å². The van der Waals surface area contributed by atoms with Crippen molar-refractivity contribution in [1.29, 1.82) is 0 Å². The number of aryl methyl sites for hydroxylation is 1. The second kappa shape index (κ2) is 12.7. The summed E-state index contributed by atoms with van der Waals surface area (Å²) in [5.41, 5.74) is 8.71. The standard InChI is InChI=1S/C22H37N3O/c1-2-3-4-5-6-7-8-10-13-19-14-15-21-20(18-19)25-22(26-21)24-17-12-9-11-16-23/h14-15,18H,2-13,16-17,23H2,1H3,(H,24,25). The van der Waals surface area contributed by atoms with Gasteiger partial charge in [0.2, 0.25) is 0 Å². The Morgan fingerprint density at radius 2 is 1.65 bits per heavy atom. The molecule has 4 heteroatoms. The fourth-order valence-corrected chi connectivity index (χ4v) is 3.31. The molecule has 0 radical (unpaired) electrons. The lowest BCUT2D eigenvalue weighted by Gasteiger charge is -2.02. The van der Waals surface area contributed by atoms with E-state index in [-0.39, 0.29) is 0 Å². The van der Waals surface area contributed by atoms with Gasteiger partial charge in [0.05, 0.1) is 0 Å². The highest BCUT2D eigenvalue weighted by atomic mass is 16.4. The van der Waals surface area contributed by atoms with Crippen LogP contribution in [0.5, 0.6) is 0 Å².